The third kappa shape index (κ3) is 2.37. The number of hydrogen-bond acceptors (Lipinski definition) is 1. The van der Waals surface area contributed by atoms with E-state index in [0.717, 1.165) is 22.6 Å². The van der Waals surface area contributed by atoms with Crippen LogP contribution in [-0.2, 0) is 14.1 Å². The molecule has 4 nitrogen and oxygen atoms in total. The Bertz CT molecular complexity index is 1250. The van der Waals surface area contributed by atoms with Crippen LogP contribution < -0.4 is 4.57 Å². The standard InChI is InChI=1S/C22H25N4/c1-14-11-19(18-10-8-7-9-15(18)2)24(5)20(12-14)21-13-26-17(4)16(3)23-22(26)25(21)6/h7-13H,1-6H3/q+1/i3D3. The monoisotopic (exact) mass is 348 g/mol. The topological polar surface area (TPSA) is 26.1 Å². The van der Waals surface area contributed by atoms with Gasteiger partial charge < -0.3 is 4.57 Å². The van der Waals surface area contributed by atoms with Gasteiger partial charge in [0, 0.05) is 40.7 Å². The molecule has 4 aromatic rings. The number of nitrogens with zero attached hydrogens (tertiary/aromatic N) is 4. The SMILES string of the molecule is [2H]C([2H])([2H])c1nc2n(C)c(-c3cc(C)cc(-c4ccccc4C)[n+]3C)cn2c1C. The minimum absolute atomic E-state index is 0.156. The highest BCUT2D eigenvalue weighted by Crippen LogP contribution is 2.26. The van der Waals surface area contributed by atoms with Gasteiger partial charge in [-0.15, -0.1) is 0 Å². The first kappa shape index (κ1) is 13.3. The summed E-state index contributed by atoms with van der Waals surface area (Å²) in [5.74, 6) is 0.627. The van der Waals surface area contributed by atoms with Gasteiger partial charge in [0.15, 0.2) is 0 Å². The van der Waals surface area contributed by atoms with Gasteiger partial charge in [-0.2, -0.15) is 4.57 Å². The van der Waals surface area contributed by atoms with Gasteiger partial charge in [-0.3, -0.25) is 4.40 Å². The summed E-state index contributed by atoms with van der Waals surface area (Å²) in [6, 6.07) is 12.7. The average Bonchev–Trinajstić information content (AvgIpc) is 3.14. The normalized spacial score (nSPS) is 13.7. The number of rotatable bonds is 2. The van der Waals surface area contributed by atoms with Crippen molar-refractivity contribution in [2.45, 2.75) is 27.6 Å². The molecule has 26 heavy (non-hydrogen) atoms. The molecular weight excluding hydrogens is 320 g/mol. The number of imidazole rings is 2. The molecular formula is C22H25N4+. The number of pyridine rings is 1. The molecule has 0 N–H and O–H groups in total. The van der Waals surface area contributed by atoms with Crippen molar-refractivity contribution in [1.29, 1.82) is 0 Å². The zero-order valence-corrected chi connectivity index (χ0v) is 15.8. The first-order valence-electron chi connectivity index (χ1n) is 10.2. The van der Waals surface area contributed by atoms with Gasteiger partial charge >= 0.3 is 0 Å². The lowest BCUT2D eigenvalue weighted by atomic mass is 10.0. The fourth-order valence-electron chi connectivity index (χ4n) is 3.61. The summed E-state index contributed by atoms with van der Waals surface area (Å²) in [6.45, 7) is 3.80. The first-order valence-corrected chi connectivity index (χ1v) is 8.71. The van der Waals surface area contributed by atoms with Crippen molar-refractivity contribution in [3.63, 3.8) is 0 Å². The van der Waals surface area contributed by atoms with Crippen molar-refractivity contribution < 1.29 is 8.68 Å². The molecule has 0 saturated carbocycles. The summed E-state index contributed by atoms with van der Waals surface area (Å²) in [5.41, 5.74) is 7.55. The highest BCUT2D eigenvalue weighted by atomic mass is 15.2. The Morgan fingerprint density at radius 3 is 2.50 bits per heavy atom. The summed E-state index contributed by atoms with van der Waals surface area (Å²) in [5, 5.41) is 0. The van der Waals surface area contributed by atoms with Crippen molar-refractivity contribution in [2.75, 3.05) is 0 Å². The first-order chi connectivity index (χ1) is 13.6. The quantitative estimate of drug-likeness (QED) is 0.502. The second-order valence-electron chi connectivity index (χ2n) is 6.97. The molecule has 0 atom stereocenters. The van der Waals surface area contributed by atoms with E-state index in [4.69, 9.17) is 4.11 Å². The van der Waals surface area contributed by atoms with Crippen LogP contribution in [0, 0.1) is 27.6 Å². The maximum absolute atomic E-state index is 7.72. The summed E-state index contributed by atoms with van der Waals surface area (Å²) >= 11 is 0. The lowest BCUT2D eigenvalue weighted by Gasteiger charge is -2.09. The van der Waals surface area contributed by atoms with E-state index in [9.17, 15) is 0 Å². The molecule has 0 radical (unpaired) electrons. The van der Waals surface area contributed by atoms with Gasteiger partial charge in [-0.25, -0.2) is 4.98 Å². The molecule has 0 spiro atoms. The number of benzene rings is 1. The smallest absolute Gasteiger partial charge is 0.231 e. The molecule has 0 bridgehead atoms. The molecule has 4 rings (SSSR count). The Morgan fingerprint density at radius 2 is 1.81 bits per heavy atom. The Morgan fingerprint density at radius 1 is 1.08 bits per heavy atom. The van der Waals surface area contributed by atoms with Crippen LogP contribution in [-0.4, -0.2) is 14.0 Å². The predicted octanol–water partition coefficient (Wildman–Crippen LogP) is 4.06. The maximum Gasteiger partial charge on any atom is 0.231 e. The second kappa shape index (κ2) is 5.84. The van der Waals surface area contributed by atoms with Crippen LogP contribution in [0.25, 0.3) is 28.4 Å². The van der Waals surface area contributed by atoms with Gasteiger partial charge in [-0.05, 0) is 44.8 Å². The number of fused-ring (bicyclic) bond motifs is 1. The van der Waals surface area contributed by atoms with Crippen molar-refractivity contribution >= 4 is 5.78 Å². The Hall–Kier alpha value is -2.88. The minimum atomic E-state index is -2.22. The molecule has 0 saturated heterocycles. The molecule has 0 aliphatic heterocycles. The van der Waals surface area contributed by atoms with E-state index >= 15 is 0 Å². The molecule has 3 aromatic heterocycles. The number of aromatic nitrogens is 4. The van der Waals surface area contributed by atoms with Crippen LogP contribution in [0.2, 0.25) is 0 Å². The van der Waals surface area contributed by atoms with Crippen LogP contribution in [0.4, 0.5) is 0 Å². The van der Waals surface area contributed by atoms with E-state index in [1.165, 1.54) is 11.1 Å². The van der Waals surface area contributed by atoms with E-state index in [1.807, 2.05) is 28.3 Å². The molecule has 0 fully saturated rings. The largest absolute Gasteiger partial charge is 0.308 e. The maximum atomic E-state index is 7.72. The predicted molar refractivity (Wildman–Crippen MR) is 105 cm³/mol. The number of hydrogen-bond donors (Lipinski definition) is 0. The summed E-state index contributed by atoms with van der Waals surface area (Å²) in [6.07, 6.45) is 1.98. The van der Waals surface area contributed by atoms with Crippen LogP contribution in [0.3, 0.4) is 0 Å². The number of aryl methyl sites for hydroxylation is 5. The zero-order chi connectivity index (χ0) is 21.1. The Balaban J connectivity index is 1.95. The fraction of sp³-hybridized carbons (Fsp3) is 0.273. The van der Waals surface area contributed by atoms with Gasteiger partial charge in [-0.1, -0.05) is 18.2 Å². The van der Waals surface area contributed by atoms with Crippen molar-refractivity contribution in [2.24, 2.45) is 14.1 Å². The summed E-state index contributed by atoms with van der Waals surface area (Å²) < 4.78 is 29.2. The molecule has 0 aliphatic carbocycles. The zero-order valence-electron chi connectivity index (χ0n) is 18.8. The highest BCUT2D eigenvalue weighted by Gasteiger charge is 2.23. The van der Waals surface area contributed by atoms with Crippen LogP contribution in [0.15, 0.2) is 42.6 Å². The van der Waals surface area contributed by atoms with Gasteiger partial charge in [0.25, 0.3) is 0 Å². The van der Waals surface area contributed by atoms with Crippen LogP contribution >= 0.6 is 0 Å². The Kier molecular flexibility index (Phi) is 2.99. The summed E-state index contributed by atoms with van der Waals surface area (Å²) in [7, 11) is 3.99. The van der Waals surface area contributed by atoms with Gasteiger partial charge in [0.1, 0.15) is 12.7 Å². The lowest BCUT2D eigenvalue weighted by Crippen LogP contribution is -2.35. The van der Waals surface area contributed by atoms with Crippen molar-refractivity contribution in [1.82, 2.24) is 14.0 Å². The molecule has 3 heterocycles. The molecule has 4 heteroatoms. The fourth-order valence-corrected chi connectivity index (χ4v) is 3.61. The molecule has 0 amide bonds. The third-order valence-electron chi connectivity index (χ3n) is 5.18. The van der Waals surface area contributed by atoms with E-state index in [0.29, 0.717) is 11.5 Å². The van der Waals surface area contributed by atoms with E-state index < -0.39 is 6.85 Å². The van der Waals surface area contributed by atoms with E-state index in [2.05, 4.69) is 60.8 Å². The third-order valence-corrected chi connectivity index (χ3v) is 5.18. The van der Waals surface area contributed by atoms with Crippen molar-refractivity contribution in [3.05, 3.63) is 65.1 Å². The molecule has 132 valence electrons. The average molecular weight is 348 g/mol. The van der Waals surface area contributed by atoms with Crippen LogP contribution in [0.1, 0.15) is 26.6 Å². The van der Waals surface area contributed by atoms with E-state index in [-0.39, 0.29) is 5.69 Å². The molecule has 1 aromatic carbocycles. The van der Waals surface area contributed by atoms with Gasteiger partial charge in [0.2, 0.25) is 17.2 Å². The summed E-state index contributed by atoms with van der Waals surface area (Å²) in [4.78, 5) is 4.43. The van der Waals surface area contributed by atoms with Crippen molar-refractivity contribution in [3.8, 4) is 22.6 Å². The molecule has 0 unspecified atom stereocenters. The Labute approximate surface area is 158 Å². The highest BCUT2D eigenvalue weighted by molar-refractivity contribution is 5.65. The van der Waals surface area contributed by atoms with Crippen LogP contribution in [0.5, 0.6) is 0 Å². The molecule has 0 aliphatic rings. The minimum Gasteiger partial charge on any atom is -0.308 e. The van der Waals surface area contributed by atoms with E-state index in [1.54, 1.807) is 6.92 Å². The second-order valence-corrected chi connectivity index (χ2v) is 6.97. The van der Waals surface area contributed by atoms with Gasteiger partial charge in [0.05, 0.1) is 5.69 Å². The lowest BCUT2D eigenvalue weighted by molar-refractivity contribution is -0.649.